The van der Waals surface area contributed by atoms with Crippen molar-refractivity contribution < 1.29 is 4.74 Å². The Bertz CT molecular complexity index is 511. The maximum atomic E-state index is 5.83. The van der Waals surface area contributed by atoms with Crippen molar-refractivity contribution in [2.24, 2.45) is 5.73 Å². The van der Waals surface area contributed by atoms with E-state index in [9.17, 15) is 0 Å². The summed E-state index contributed by atoms with van der Waals surface area (Å²) in [6, 6.07) is 11.7. The zero-order valence-electron chi connectivity index (χ0n) is 10.1. The first-order valence-electron chi connectivity index (χ1n) is 5.74. The fourth-order valence-corrected chi connectivity index (χ4v) is 1.77. The summed E-state index contributed by atoms with van der Waals surface area (Å²) in [5.41, 5.74) is 7.79. The SMILES string of the molecule is C[C@@H](N)c1cccc(OCc2ccc(Br)cn2)c1. The van der Waals surface area contributed by atoms with Crippen LogP contribution in [0.25, 0.3) is 0 Å². The second kappa shape index (κ2) is 5.98. The first kappa shape index (κ1) is 13.1. The van der Waals surface area contributed by atoms with Gasteiger partial charge in [-0.1, -0.05) is 12.1 Å². The molecular weight excluding hydrogens is 292 g/mol. The Balaban J connectivity index is 2.01. The minimum Gasteiger partial charge on any atom is -0.487 e. The lowest BCUT2D eigenvalue weighted by Gasteiger charge is -2.09. The Morgan fingerprint density at radius 2 is 2.17 bits per heavy atom. The Hall–Kier alpha value is -1.39. The molecule has 0 aliphatic carbocycles. The van der Waals surface area contributed by atoms with Crippen molar-refractivity contribution in [3.05, 3.63) is 58.3 Å². The highest BCUT2D eigenvalue weighted by molar-refractivity contribution is 9.10. The molecular formula is C14H15BrN2O. The topological polar surface area (TPSA) is 48.1 Å². The van der Waals surface area contributed by atoms with E-state index in [2.05, 4.69) is 20.9 Å². The van der Waals surface area contributed by atoms with Gasteiger partial charge in [0.25, 0.3) is 0 Å². The fourth-order valence-electron chi connectivity index (χ4n) is 1.54. The Morgan fingerprint density at radius 1 is 1.33 bits per heavy atom. The van der Waals surface area contributed by atoms with Crippen LogP contribution in [0.5, 0.6) is 5.75 Å². The van der Waals surface area contributed by atoms with Gasteiger partial charge in [0.1, 0.15) is 12.4 Å². The summed E-state index contributed by atoms with van der Waals surface area (Å²) in [5.74, 6) is 0.814. The van der Waals surface area contributed by atoms with Gasteiger partial charge >= 0.3 is 0 Å². The van der Waals surface area contributed by atoms with Gasteiger partial charge < -0.3 is 10.5 Å². The van der Waals surface area contributed by atoms with E-state index in [1.54, 1.807) is 6.20 Å². The second-order valence-electron chi connectivity index (χ2n) is 4.12. The summed E-state index contributed by atoms with van der Waals surface area (Å²) < 4.78 is 6.65. The molecule has 0 saturated heterocycles. The number of nitrogens with zero attached hydrogens (tertiary/aromatic N) is 1. The number of pyridine rings is 1. The number of rotatable bonds is 4. The Morgan fingerprint density at radius 3 is 2.83 bits per heavy atom. The van der Waals surface area contributed by atoms with Gasteiger partial charge in [-0.15, -0.1) is 0 Å². The van der Waals surface area contributed by atoms with Crippen LogP contribution in [0.3, 0.4) is 0 Å². The predicted molar refractivity (Wildman–Crippen MR) is 75.3 cm³/mol. The molecule has 0 saturated carbocycles. The smallest absolute Gasteiger partial charge is 0.130 e. The molecule has 1 aromatic carbocycles. The first-order valence-corrected chi connectivity index (χ1v) is 6.53. The zero-order chi connectivity index (χ0) is 13.0. The first-order chi connectivity index (χ1) is 8.65. The zero-order valence-corrected chi connectivity index (χ0v) is 11.7. The van der Waals surface area contributed by atoms with Gasteiger partial charge in [-0.2, -0.15) is 0 Å². The summed E-state index contributed by atoms with van der Waals surface area (Å²) in [6.45, 7) is 2.41. The van der Waals surface area contributed by atoms with Crippen molar-refractivity contribution in [2.75, 3.05) is 0 Å². The molecule has 1 heterocycles. The van der Waals surface area contributed by atoms with E-state index >= 15 is 0 Å². The van der Waals surface area contributed by atoms with Gasteiger partial charge in [0.2, 0.25) is 0 Å². The van der Waals surface area contributed by atoms with Crippen LogP contribution in [0.4, 0.5) is 0 Å². The minimum absolute atomic E-state index is 0.0133. The number of ether oxygens (including phenoxy) is 1. The lowest BCUT2D eigenvalue weighted by atomic mass is 10.1. The predicted octanol–water partition coefficient (Wildman–Crippen LogP) is 3.44. The number of halogens is 1. The normalized spacial score (nSPS) is 12.2. The van der Waals surface area contributed by atoms with Crippen molar-refractivity contribution in [3.63, 3.8) is 0 Å². The molecule has 0 spiro atoms. The molecule has 2 N–H and O–H groups in total. The molecule has 0 radical (unpaired) electrons. The molecule has 0 bridgehead atoms. The van der Waals surface area contributed by atoms with E-state index < -0.39 is 0 Å². The molecule has 0 aliphatic rings. The third-order valence-corrected chi connectivity index (χ3v) is 3.03. The average Bonchev–Trinajstić information content (AvgIpc) is 2.38. The van der Waals surface area contributed by atoms with Gasteiger partial charge in [-0.3, -0.25) is 4.98 Å². The van der Waals surface area contributed by atoms with E-state index in [4.69, 9.17) is 10.5 Å². The van der Waals surface area contributed by atoms with Gasteiger partial charge in [0, 0.05) is 16.7 Å². The van der Waals surface area contributed by atoms with Gasteiger partial charge in [-0.05, 0) is 52.7 Å². The maximum absolute atomic E-state index is 5.83. The quantitative estimate of drug-likeness (QED) is 0.941. The highest BCUT2D eigenvalue weighted by Gasteiger charge is 2.02. The number of hydrogen-bond acceptors (Lipinski definition) is 3. The third kappa shape index (κ3) is 3.55. The molecule has 0 unspecified atom stereocenters. The molecule has 94 valence electrons. The van der Waals surface area contributed by atoms with Crippen LogP contribution in [0.2, 0.25) is 0 Å². The fraction of sp³-hybridized carbons (Fsp3) is 0.214. The molecule has 1 aromatic heterocycles. The molecule has 18 heavy (non-hydrogen) atoms. The van der Waals surface area contributed by atoms with Crippen LogP contribution in [-0.2, 0) is 6.61 Å². The van der Waals surface area contributed by atoms with Crippen molar-refractivity contribution in [3.8, 4) is 5.75 Å². The van der Waals surface area contributed by atoms with Crippen molar-refractivity contribution in [1.82, 2.24) is 4.98 Å². The highest BCUT2D eigenvalue weighted by atomic mass is 79.9. The molecule has 1 atom stereocenters. The Kier molecular flexibility index (Phi) is 4.33. The van der Waals surface area contributed by atoms with E-state index in [0.717, 1.165) is 21.5 Å². The van der Waals surface area contributed by atoms with Gasteiger partial charge in [0.05, 0.1) is 5.69 Å². The van der Waals surface area contributed by atoms with Crippen LogP contribution < -0.4 is 10.5 Å². The largest absolute Gasteiger partial charge is 0.487 e. The van der Waals surface area contributed by atoms with Gasteiger partial charge in [-0.25, -0.2) is 0 Å². The van der Waals surface area contributed by atoms with E-state index in [1.165, 1.54) is 0 Å². The molecule has 0 aliphatic heterocycles. The van der Waals surface area contributed by atoms with Crippen molar-refractivity contribution >= 4 is 15.9 Å². The minimum atomic E-state index is 0.0133. The lowest BCUT2D eigenvalue weighted by Crippen LogP contribution is -2.05. The van der Waals surface area contributed by atoms with E-state index in [1.807, 2.05) is 43.3 Å². The molecule has 2 rings (SSSR count). The van der Waals surface area contributed by atoms with Crippen LogP contribution in [0.15, 0.2) is 47.1 Å². The van der Waals surface area contributed by atoms with Crippen molar-refractivity contribution in [1.29, 1.82) is 0 Å². The summed E-state index contributed by atoms with van der Waals surface area (Å²) >= 11 is 3.35. The monoisotopic (exact) mass is 306 g/mol. The summed E-state index contributed by atoms with van der Waals surface area (Å²) in [7, 11) is 0. The molecule has 0 amide bonds. The summed E-state index contributed by atoms with van der Waals surface area (Å²) in [5, 5.41) is 0. The number of aromatic nitrogens is 1. The van der Waals surface area contributed by atoms with Crippen molar-refractivity contribution in [2.45, 2.75) is 19.6 Å². The van der Waals surface area contributed by atoms with Crippen LogP contribution >= 0.6 is 15.9 Å². The third-order valence-electron chi connectivity index (χ3n) is 2.56. The standard InChI is InChI=1S/C14H15BrN2O/c1-10(16)11-3-2-4-14(7-11)18-9-13-6-5-12(15)8-17-13/h2-8,10H,9,16H2,1H3/t10-/m1/s1. The van der Waals surface area contributed by atoms with Gasteiger partial charge in [0.15, 0.2) is 0 Å². The number of nitrogens with two attached hydrogens (primary N) is 1. The molecule has 3 nitrogen and oxygen atoms in total. The summed E-state index contributed by atoms with van der Waals surface area (Å²) in [4.78, 5) is 4.25. The number of benzene rings is 1. The average molecular weight is 307 g/mol. The van der Waals surface area contributed by atoms with Crippen LogP contribution in [-0.4, -0.2) is 4.98 Å². The maximum Gasteiger partial charge on any atom is 0.130 e. The Labute approximate surface area is 115 Å². The molecule has 4 heteroatoms. The van der Waals surface area contributed by atoms with E-state index in [-0.39, 0.29) is 6.04 Å². The van der Waals surface area contributed by atoms with E-state index in [0.29, 0.717) is 6.61 Å². The molecule has 2 aromatic rings. The highest BCUT2D eigenvalue weighted by Crippen LogP contribution is 2.18. The van der Waals surface area contributed by atoms with Crippen LogP contribution in [0.1, 0.15) is 24.2 Å². The van der Waals surface area contributed by atoms with Crippen LogP contribution in [0, 0.1) is 0 Å². The summed E-state index contributed by atoms with van der Waals surface area (Å²) in [6.07, 6.45) is 1.76. The molecule has 0 fully saturated rings. The second-order valence-corrected chi connectivity index (χ2v) is 5.03. The lowest BCUT2D eigenvalue weighted by molar-refractivity contribution is 0.301. The number of hydrogen-bond donors (Lipinski definition) is 1.